The molecular formula is C17H14FN5O2S. The van der Waals surface area contributed by atoms with Crippen LogP contribution in [0, 0.1) is 5.82 Å². The van der Waals surface area contributed by atoms with Crippen molar-refractivity contribution in [1.29, 1.82) is 0 Å². The summed E-state index contributed by atoms with van der Waals surface area (Å²) in [5.41, 5.74) is 6.40. The smallest absolute Gasteiger partial charge is 0.318 e. The number of urea groups is 1. The Hall–Kier alpha value is -3.20. The molecule has 0 unspecified atom stereocenters. The van der Waals surface area contributed by atoms with Crippen LogP contribution in [0.3, 0.4) is 0 Å². The Morgan fingerprint density at radius 1 is 1.08 bits per heavy atom. The topological polar surface area (TPSA) is 103 Å². The third kappa shape index (κ3) is 4.06. The van der Waals surface area contributed by atoms with Crippen LogP contribution in [0.25, 0.3) is 17.1 Å². The van der Waals surface area contributed by atoms with Crippen molar-refractivity contribution >= 4 is 23.7 Å². The lowest BCUT2D eigenvalue weighted by Crippen LogP contribution is -2.36. The number of aromatic nitrogens is 3. The first kappa shape index (κ1) is 17.6. The van der Waals surface area contributed by atoms with E-state index in [9.17, 15) is 14.0 Å². The Bertz CT molecular complexity index is 928. The number of thioether (sulfide) groups is 1. The molecule has 0 aliphatic carbocycles. The van der Waals surface area contributed by atoms with Crippen LogP contribution in [0.15, 0.2) is 59.8 Å². The highest BCUT2D eigenvalue weighted by atomic mass is 32.2. The fourth-order valence-electron chi connectivity index (χ4n) is 2.26. The molecule has 0 fully saturated rings. The monoisotopic (exact) mass is 371 g/mol. The number of rotatable bonds is 5. The van der Waals surface area contributed by atoms with E-state index < -0.39 is 11.9 Å². The van der Waals surface area contributed by atoms with Crippen molar-refractivity contribution in [2.45, 2.75) is 5.16 Å². The van der Waals surface area contributed by atoms with Crippen molar-refractivity contribution in [2.75, 3.05) is 5.75 Å². The van der Waals surface area contributed by atoms with E-state index in [-0.39, 0.29) is 11.6 Å². The van der Waals surface area contributed by atoms with Gasteiger partial charge in [-0.1, -0.05) is 30.0 Å². The Morgan fingerprint density at radius 2 is 1.77 bits per heavy atom. The number of carbonyl (C=O) groups is 2. The van der Waals surface area contributed by atoms with Gasteiger partial charge in [0.1, 0.15) is 5.82 Å². The molecule has 0 saturated heterocycles. The summed E-state index contributed by atoms with van der Waals surface area (Å²) in [5.74, 6) is -0.433. The van der Waals surface area contributed by atoms with Gasteiger partial charge in [-0.15, -0.1) is 10.2 Å². The minimum Gasteiger partial charge on any atom is -0.351 e. The van der Waals surface area contributed by atoms with Gasteiger partial charge in [-0.3, -0.25) is 14.7 Å². The van der Waals surface area contributed by atoms with Gasteiger partial charge in [0, 0.05) is 11.3 Å². The van der Waals surface area contributed by atoms with E-state index in [0.717, 1.165) is 17.4 Å². The zero-order valence-corrected chi connectivity index (χ0v) is 14.2. The number of hydrogen-bond donors (Lipinski definition) is 2. The third-order valence-corrected chi connectivity index (χ3v) is 4.27. The second kappa shape index (κ2) is 7.79. The first-order valence-corrected chi connectivity index (χ1v) is 8.52. The van der Waals surface area contributed by atoms with Gasteiger partial charge < -0.3 is 5.73 Å². The van der Waals surface area contributed by atoms with Crippen molar-refractivity contribution in [3.05, 3.63) is 60.4 Å². The van der Waals surface area contributed by atoms with Crippen molar-refractivity contribution in [3.63, 3.8) is 0 Å². The van der Waals surface area contributed by atoms with Crippen molar-refractivity contribution in [3.8, 4) is 17.1 Å². The van der Waals surface area contributed by atoms with Gasteiger partial charge in [-0.25, -0.2) is 9.18 Å². The van der Waals surface area contributed by atoms with Crippen LogP contribution in [-0.2, 0) is 4.79 Å². The van der Waals surface area contributed by atoms with Crippen LogP contribution in [0.2, 0.25) is 0 Å². The number of nitrogens with one attached hydrogen (secondary N) is 1. The number of imide groups is 1. The highest BCUT2D eigenvalue weighted by molar-refractivity contribution is 7.99. The van der Waals surface area contributed by atoms with Gasteiger partial charge in [-0.05, 0) is 36.4 Å². The zero-order valence-electron chi connectivity index (χ0n) is 13.4. The molecule has 1 aromatic heterocycles. The SMILES string of the molecule is NC(=O)NC(=O)CSc1nnc(-c2ccc(F)cc2)n1-c1ccccc1. The highest BCUT2D eigenvalue weighted by Gasteiger charge is 2.17. The number of amides is 3. The van der Waals surface area contributed by atoms with Gasteiger partial charge in [0.15, 0.2) is 11.0 Å². The predicted molar refractivity (Wildman–Crippen MR) is 95.2 cm³/mol. The third-order valence-electron chi connectivity index (χ3n) is 3.35. The van der Waals surface area contributed by atoms with Crippen molar-refractivity contribution in [1.82, 2.24) is 20.1 Å². The maximum atomic E-state index is 13.2. The molecule has 132 valence electrons. The van der Waals surface area contributed by atoms with Crippen molar-refractivity contribution < 1.29 is 14.0 Å². The van der Waals surface area contributed by atoms with Crippen LogP contribution in [0.5, 0.6) is 0 Å². The quantitative estimate of drug-likeness (QED) is 0.670. The van der Waals surface area contributed by atoms with Gasteiger partial charge in [0.25, 0.3) is 0 Å². The van der Waals surface area contributed by atoms with E-state index in [0.29, 0.717) is 16.5 Å². The molecular weight excluding hydrogens is 357 g/mol. The summed E-state index contributed by atoms with van der Waals surface area (Å²) in [5, 5.41) is 10.8. The number of benzene rings is 2. The highest BCUT2D eigenvalue weighted by Crippen LogP contribution is 2.27. The second-order valence-electron chi connectivity index (χ2n) is 5.19. The first-order valence-electron chi connectivity index (χ1n) is 7.53. The maximum Gasteiger partial charge on any atom is 0.318 e. The first-order chi connectivity index (χ1) is 12.5. The molecule has 0 aliphatic rings. The lowest BCUT2D eigenvalue weighted by molar-refractivity contribution is -0.117. The molecule has 0 bridgehead atoms. The van der Waals surface area contributed by atoms with Crippen LogP contribution in [-0.4, -0.2) is 32.5 Å². The van der Waals surface area contributed by atoms with E-state index in [2.05, 4.69) is 10.2 Å². The number of halogens is 1. The van der Waals surface area contributed by atoms with Crippen LogP contribution in [0.4, 0.5) is 9.18 Å². The number of hydrogen-bond acceptors (Lipinski definition) is 5. The summed E-state index contributed by atoms with van der Waals surface area (Å²) in [4.78, 5) is 22.4. The van der Waals surface area contributed by atoms with Crippen LogP contribution >= 0.6 is 11.8 Å². The standard InChI is InChI=1S/C17H14FN5O2S/c18-12-8-6-11(7-9-12)15-21-22-17(26-10-14(24)20-16(19)25)23(15)13-4-2-1-3-5-13/h1-9H,10H2,(H3,19,20,24,25). The Balaban J connectivity index is 1.96. The van der Waals surface area contributed by atoms with Crippen LogP contribution in [0.1, 0.15) is 0 Å². The number of nitrogens with two attached hydrogens (primary N) is 1. The molecule has 3 aromatic rings. The van der Waals surface area contributed by atoms with Gasteiger partial charge in [0.2, 0.25) is 5.91 Å². The molecule has 0 radical (unpaired) electrons. The molecule has 0 spiro atoms. The van der Waals surface area contributed by atoms with Crippen molar-refractivity contribution in [2.24, 2.45) is 5.73 Å². The molecule has 9 heteroatoms. The minimum atomic E-state index is -0.910. The number of para-hydroxylation sites is 1. The molecule has 3 rings (SSSR count). The Kier molecular flexibility index (Phi) is 5.28. The Morgan fingerprint density at radius 3 is 2.42 bits per heavy atom. The van der Waals surface area contributed by atoms with E-state index in [1.807, 2.05) is 35.6 Å². The molecule has 1 heterocycles. The molecule has 26 heavy (non-hydrogen) atoms. The summed E-state index contributed by atoms with van der Waals surface area (Å²) in [6.07, 6.45) is 0. The minimum absolute atomic E-state index is 0.0582. The van der Waals surface area contributed by atoms with E-state index in [1.54, 1.807) is 16.7 Å². The molecule has 0 atom stereocenters. The maximum absolute atomic E-state index is 13.2. The normalized spacial score (nSPS) is 10.5. The van der Waals surface area contributed by atoms with Gasteiger partial charge >= 0.3 is 6.03 Å². The lowest BCUT2D eigenvalue weighted by Gasteiger charge is -2.10. The Labute approximate surface area is 152 Å². The largest absolute Gasteiger partial charge is 0.351 e. The summed E-state index contributed by atoms with van der Waals surface area (Å²) in [7, 11) is 0. The van der Waals surface area contributed by atoms with E-state index in [1.165, 1.54) is 12.1 Å². The second-order valence-corrected chi connectivity index (χ2v) is 6.13. The zero-order chi connectivity index (χ0) is 18.5. The summed E-state index contributed by atoms with van der Waals surface area (Å²) in [6.45, 7) is 0. The lowest BCUT2D eigenvalue weighted by atomic mass is 10.2. The molecule has 3 N–H and O–H groups in total. The van der Waals surface area contributed by atoms with Gasteiger partial charge in [0.05, 0.1) is 5.75 Å². The average molecular weight is 371 g/mol. The predicted octanol–water partition coefficient (Wildman–Crippen LogP) is 2.36. The molecule has 3 amide bonds. The number of carbonyl (C=O) groups excluding carboxylic acids is 2. The molecule has 2 aromatic carbocycles. The molecule has 0 saturated carbocycles. The van der Waals surface area contributed by atoms with Gasteiger partial charge in [-0.2, -0.15) is 0 Å². The molecule has 0 aliphatic heterocycles. The number of primary amides is 1. The number of nitrogens with zero attached hydrogens (tertiary/aromatic N) is 3. The fourth-order valence-corrected chi connectivity index (χ4v) is 3.01. The van der Waals surface area contributed by atoms with Crippen LogP contribution < -0.4 is 11.1 Å². The molecule has 7 nitrogen and oxygen atoms in total. The average Bonchev–Trinajstić information content (AvgIpc) is 3.05. The van der Waals surface area contributed by atoms with E-state index in [4.69, 9.17) is 5.73 Å². The van der Waals surface area contributed by atoms with E-state index >= 15 is 0 Å². The summed E-state index contributed by atoms with van der Waals surface area (Å²) < 4.78 is 15.0. The summed E-state index contributed by atoms with van der Waals surface area (Å²) >= 11 is 1.11. The summed E-state index contributed by atoms with van der Waals surface area (Å²) in [6, 6.07) is 14.3. The fraction of sp³-hybridized carbons (Fsp3) is 0.0588.